The van der Waals surface area contributed by atoms with Gasteiger partial charge in [-0.25, -0.2) is 9.98 Å². The Labute approximate surface area is 166 Å². The van der Waals surface area contributed by atoms with Crippen LogP contribution < -0.4 is 4.31 Å². The van der Waals surface area contributed by atoms with Gasteiger partial charge in [0.15, 0.2) is 5.84 Å². The molecule has 3 aromatic rings. The minimum atomic E-state index is -0.387. The highest BCUT2D eigenvalue weighted by Crippen LogP contribution is 2.42. The summed E-state index contributed by atoms with van der Waals surface area (Å²) in [6.07, 6.45) is 0. The van der Waals surface area contributed by atoms with E-state index in [-0.39, 0.29) is 16.3 Å². The van der Waals surface area contributed by atoms with Gasteiger partial charge in [0, 0.05) is 18.2 Å². The molecule has 0 bridgehead atoms. The fourth-order valence-corrected chi connectivity index (χ4v) is 5.21. The molecule has 0 aromatic heterocycles. The van der Waals surface area contributed by atoms with Crippen LogP contribution in [0.4, 0.5) is 5.69 Å². The minimum Gasteiger partial charge on any atom is -0.412 e. The van der Waals surface area contributed by atoms with Crippen molar-refractivity contribution in [2.45, 2.75) is 0 Å². The van der Waals surface area contributed by atoms with Crippen molar-refractivity contribution < 1.29 is 5.48 Å². The smallest absolute Gasteiger partial charge is 0.221 e. The van der Waals surface area contributed by atoms with Crippen LogP contribution in [0.2, 0.25) is 0 Å². The third kappa shape index (κ3) is 2.93. The van der Waals surface area contributed by atoms with Crippen molar-refractivity contribution >= 4 is 33.3 Å². The lowest BCUT2D eigenvalue weighted by Gasteiger charge is -2.29. The largest absolute Gasteiger partial charge is 0.412 e. The lowest BCUT2D eigenvalue weighted by molar-refractivity contribution is 0.824. The van der Waals surface area contributed by atoms with E-state index in [1.165, 1.54) is 0 Å². The van der Waals surface area contributed by atoms with Crippen molar-refractivity contribution in [1.29, 1.82) is 0 Å². The molecule has 5 nitrogen and oxygen atoms in total. The number of hydrogen-bond acceptors (Lipinski definition) is 4. The highest BCUT2D eigenvalue weighted by atomic mass is 32.2. The molecule has 0 saturated heterocycles. The number of benzene rings is 3. The summed E-state index contributed by atoms with van der Waals surface area (Å²) in [6, 6.07) is 31.0. The van der Waals surface area contributed by atoms with E-state index in [0.717, 1.165) is 33.6 Å². The van der Waals surface area contributed by atoms with Gasteiger partial charge in [-0.1, -0.05) is 78.9 Å². The molecular formula is C22H20N4OS. The Balaban J connectivity index is 0.00000192. The van der Waals surface area contributed by atoms with Crippen LogP contribution in [0, 0.1) is 0 Å². The predicted molar refractivity (Wildman–Crippen MR) is 119 cm³/mol. The molecule has 3 aromatic carbocycles. The average molecular weight is 388 g/mol. The minimum absolute atomic E-state index is 0. The van der Waals surface area contributed by atoms with Crippen molar-refractivity contribution in [2.75, 3.05) is 11.4 Å². The first-order valence-electron chi connectivity index (χ1n) is 8.81. The van der Waals surface area contributed by atoms with Gasteiger partial charge in [-0.05, 0) is 12.1 Å². The summed E-state index contributed by atoms with van der Waals surface area (Å²) < 4.78 is 4.53. The number of para-hydroxylation sites is 1. The Hall–Kier alpha value is -3.22. The highest BCUT2D eigenvalue weighted by Gasteiger charge is 2.36. The fraction of sp³-hybridized carbons (Fsp3) is 0.0455. The van der Waals surface area contributed by atoms with Gasteiger partial charge in [-0.2, -0.15) is 0 Å². The van der Waals surface area contributed by atoms with E-state index in [0.29, 0.717) is 0 Å². The van der Waals surface area contributed by atoms with Gasteiger partial charge in [0.05, 0.1) is 16.5 Å². The number of aliphatic imine (C=N–C) groups is 2. The van der Waals surface area contributed by atoms with Gasteiger partial charge in [-0.3, -0.25) is 8.61 Å². The summed E-state index contributed by atoms with van der Waals surface area (Å²) in [4.78, 5) is 9.84. The zero-order valence-electron chi connectivity index (χ0n) is 15.4. The summed E-state index contributed by atoms with van der Waals surface area (Å²) in [7, 11) is 1.71. The van der Waals surface area contributed by atoms with E-state index < -0.39 is 0 Å². The molecule has 6 heteroatoms. The maximum atomic E-state index is 4.95. The lowest BCUT2D eigenvalue weighted by atomic mass is 10.2. The van der Waals surface area contributed by atoms with Crippen molar-refractivity contribution in [3.05, 3.63) is 102 Å². The van der Waals surface area contributed by atoms with Crippen molar-refractivity contribution in [2.24, 2.45) is 9.98 Å². The van der Waals surface area contributed by atoms with Crippen LogP contribution in [-0.2, 0) is 0 Å². The van der Waals surface area contributed by atoms with Gasteiger partial charge in [0.2, 0.25) is 5.11 Å². The molecule has 140 valence electrons. The maximum Gasteiger partial charge on any atom is 0.221 e. The number of nitrogens with zero attached hydrogens (tertiary/aromatic N) is 4. The fourth-order valence-electron chi connectivity index (χ4n) is 3.28. The van der Waals surface area contributed by atoms with E-state index >= 15 is 0 Å². The van der Waals surface area contributed by atoms with Crippen molar-refractivity contribution in [3.63, 3.8) is 0 Å². The van der Waals surface area contributed by atoms with Crippen molar-refractivity contribution in [1.82, 2.24) is 4.31 Å². The van der Waals surface area contributed by atoms with Crippen LogP contribution in [0.15, 0.2) is 101 Å². The van der Waals surface area contributed by atoms with Crippen LogP contribution in [0.3, 0.4) is 0 Å². The molecule has 2 aliphatic rings. The second-order valence-corrected chi connectivity index (χ2v) is 8.08. The van der Waals surface area contributed by atoms with E-state index in [1.807, 2.05) is 42.5 Å². The molecular weight excluding hydrogens is 368 g/mol. The van der Waals surface area contributed by atoms with E-state index in [2.05, 4.69) is 64.2 Å². The molecule has 28 heavy (non-hydrogen) atoms. The number of rotatable bonds is 3. The lowest BCUT2D eigenvalue weighted by Crippen LogP contribution is -2.31. The zero-order valence-corrected chi connectivity index (χ0v) is 16.2. The van der Waals surface area contributed by atoms with Gasteiger partial charge < -0.3 is 5.48 Å². The molecule has 0 aliphatic carbocycles. The van der Waals surface area contributed by atoms with E-state index in [4.69, 9.17) is 9.98 Å². The molecule has 0 fully saturated rings. The van der Waals surface area contributed by atoms with Crippen LogP contribution in [0.1, 0.15) is 11.1 Å². The van der Waals surface area contributed by atoms with Crippen molar-refractivity contribution in [3.8, 4) is 0 Å². The second kappa shape index (κ2) is 7.42. The second-order valence-electron chi connectivity index (χ2n) is 6.28. The molecule has 1 atom stereocenters. The third-order valence-corrected chi connectivity index (χ3v) is 6.47. The Kier molecular flexibility index (Phi) is 4.81. The topological polar surface area (TPSA) is 62.7 Å². The van der Waals surface area contributed by atoms with E-state index in [1.54, 1.807) is 0 Å². The Morgan fingerprint density at radius 3 is 1.68 bits per heavy atom. The first-order chi connectivity index (χ1) is 13.3. The Morgan fingerprint density at radius 1 is 0.643 bits per heavy atom. The normalized spacial score (nSPS) is 17.8. The molecule has 0 radical (unpaired) electrons. The molecule has 5 rings (SSSR count). The molecule has 1 unspecified atom stereocenters. The van der Waals surface area contributed by atoms with Crippen LogP contribution >= 0.6 is 10.9 Å². The SMILES string of the molecule is CN1C(c2ccccc2)=NC2=S1N(c1ccccc1)C(c1ccccc1)=N2.O. The van der Waals surface area contributed by atoms with E-state index in [9.17, 15) is 0 Å². The number of amidine groups is 2. The first-order valence-corrected chi connectivity index (χ1v) is 9.95. The molecule has 2 aliphatic heterocycles. The standard InChI is InChI=1S/C22H18N4S.H2O/c1-25-20(17-11-5-2-6-12-17)23-22-24-21(18-13-7-3-8-14-18)26(27(22)25)19-15-9-4-10-16-19;/h2-16H,1H3;1H2. The summed E-state index contributed by atoms with van der Waals surface area (Å²) in [5, 5.41) is 0.860. The quantitative estimate of drug-likeness (QED) is 0.642. The summed E-state index contributed by atoms with van der Waals surface area (Å²) in [5.41, 5.74) is 3.33. The van der Waals surface area contributed by atoms with Gasteiger partial charge in [0.25, 0.3) is 0 Å². The number of hydrogen-bond donors (Lipinski definition) is 0. The van der Waals surface area contributed by atoms with Crippen LogP contribution in [-0.4, -0.2) is 33.6 Å². The third-order valence-electron chi connectivity index (χ3n) is 4.54. The Bertz CT molecular complexity index is 1080. The van der Waals surface area contributed by atoms with Gasteiger partial charge in [0.1, 0.15) is 5.84 Å². The predicted octanol–water partition coefficient (Wildman–Crippen LogP) is 3.71. The first kappa shape index (κ1) is 18.2. The summed E-state index contributed by atoms with van der Waals surface area (Å²) in [5.74, 6) is 1.91. The maximum absolute atomic E-state index is 4.95. The molecule has 2 heterocycles. The van der Waals surface area contributed by atoms with Gasteiger partial charge in [-0.15, -0.1) is 0 Å². The molecule has 0 saturated carbocycles. The molecule has 0 amide bonds. The zero-order chi connectivity index (χ0) is 18.2. The van der Waals surface area contributed by atoms with Crippen LogP contribution in [0.5, 0.6) is 0 Å². The molecule has 0 spiro atoms. The molecule has 2 N–H and O–H groups in total. The summed E-state index contributed by atoms with van der Waals surface area (Å²) in [6.45, 7) is 0. The number of anilines is 1. The Morgan fingerprint density at radius 2 is 1.11 bits per heavy atom. The van der Waals surface area contributed by atoms with Crippen LogP contribution in [0.25, 0.3) is 0 Å². The monoisotopic (exact) mass is 388 g/mol. The van der Waals surface area contributed by atoms with Gasteiger partial charge >= 0.3 is 0 Å². The average Bonchev–Trinajstić information content (AvgIpc) is 3.27. The highest BCUT2D eigenvalue weighted by molar-refractivity contribution is 8.16. The summed E-state index contributed by atoms with van der Waals surface area (Å²) >= 11 is 0.